The molecule has 12 heteroatoms. The largest absolute Gasteiger partial charge is 0.418 e. The second kappa shape index (κ2) is 10.9. The molecule has 2 heterocycles. The van der Waals surface area contributed by atoms with E-state index in [9.17, 15) is 35.9 Å². The van der Waals surface area contributed by atoms with Crippen molar-refractivity contribution >= 4 is 11.7 Å². The van der Waals surface area contributed by atoms with Crippen LogP contribution in [-0.2, 0) is 11.0 Å². The molecule has 1 saturated heterocycles. The molecule has 2 aliphatic rings. The van der Waals surface area contributed by atoms with Crippen molar-refractivity contribution in [3.05, 3.63) is 47.5 Å². The van der Waals surface area contributed by atoms with E-state index in [1.165, 1.54) is 32.0 Å². The highest BCUT2D eigenvalue weighted by molar-refractivity contribution is 5.93. The van der Waals surface area contributed by atoms with Crippen molar-refractivity contribution < 1.29 is 35.9 Å². The van der Waals surface area contributed by atoms with Crippen LogP contribution in [0.4, 0.5) is 26.3 Å². The Morgan fingerprint density at radius 3 is 2.49 bits per heavy atom. The highest BCUT2D eigenvalue weighted by Gasteiger charge is 2.48. The van der Waals surface area contributed by atoms with Gasteiger partial charge in [-0.2, -0.15) is 13.2 Å². The van der Waals surface area contributed by atoms with Crippen LogP contribution in [0.1, 0.15) is 80.2 Å². The van der Waals surface area contributed by atoms with Crippen molar-refractivity contribution in [1.82, 2.24) is 19.8 Å². The minimum Gasteiger partial charge on any atom is -0.347 e. The number of carbonyl (C=O) groups excluding carboxylic acids is 2. The first kappa shape index (κ1) is 29.1. The fourth-order valence-electron chi connectivity index (χ4n) is 5.41. The summed E-state index contributed by atoms with van der Waals surface area (Å²) < 4.78 is 84.0. The zero-order valence-electron chi connectivity index (χ0n) is 21.8. The molecule has 6 nitrogen and oxygen atoms in total. The van der Waals surface area contributed by atoms with Crippen molar-refractivity contribution in [3.63, 3.8) is 0 Å². The highest BCUT2D eigenvalue weighted by Crippen LogP contribution is 2.48. The SMILES string of the molecule is CC(=O)CC(CCN1CCCC(C)(F)C1)NC(=O)c1cn(-c2ccccc2C(F)(F)F)c(C2CC(F)(F)C2)n1. The van der Waals surface area contributed by atoms with Gasteiger partial charge in [0.25, 0.3) is 5.91 Å². The second-order valence-electron chi connectivity index (χ2n) is 11.0. The van der Waals surface area contributed by atoms with Gasteiger partial charge in [0.1, 0.15) is 23.0 Å². The summed E-state index contributed by atoms with van der Waals surface area (Å²) in [6.45, 7) is 4.28. The molecule has 1 aliphatic carbocycles. The van der Waals surface area contributed by atoms with E-state index in [4.69, 9.17) is 0 Å². The van der Waals surface area contributed by atoms with Crippen LogP contribution in [0.5, 0.6) is 0 Å². The number of benzene rings is 1. The van der Waals surface area contributed by atoms with Gasteiger partial charge in [0.2, 0.25) is 5.92 Å². The van der Waals surface area contributed by atoms with Gasteiger partial charge in [0.05, 0.1) is 11.3 Å². The maximum Gasteiger partial charge on any atom is 0.418 e. The summed E-state index contributed by atoms with van der Waals surface area (Å²) >= 11 is 0. The van der Waals surface area contributed by atoms with E-state index in [0.29, 0.717) is 32.4 Å². The van der Waals surface area contributed by atoms with Crippen molar-refractivity contribution in [1.29, 1.82) is 0 Å². The molecule has 4 rings (SSSR count). The number of rotatable bonds is 9. The first-order valence-electron chi connectivity index (χ1n) is 13.0. The number of hydrogen-bond donors (Lipinski definition) is 1. The van der Waals surface area contributed by atoms with Crippen LogP contribution in [0.2, 0.25) is 0 Å². The summed E-state index contributed by atoms with van der Waals surface area (Å²) in [4.78, 5) is 31.2. The lowest BCUT2D eigenvalue weighted by Gasteiger charge is -2.35. The summed E-state index contributed by atoms with van der Waals surface area (Å²) in [6, 6.07) is 4.05. The van der Waals surface area contributed by atoms with Gasteiger partial charge < -0.3 is 14.8 Å². The Morgan fingerprint density at radius 2 is 1.87 bits per heavy atom. The normalized spacial score (nSPS) is 22.8. The Kier molecular flexibility index (Phi) is 8.16. The Hall–Kier alpha value is -2.89. The number of aromatic nitrogens is 2. The topological polar surface area (TPSA) is 67.2 Å². The zero-order chi connectivity index (χ0) is 28.6. The third kappa shape index (κ3) is 7.20. The quantitative estimate of drug-likeness (QED) is 0.402. The van der Waals surface area contributed by atoms with E-state index in [-0.39, 0.29) is 36.0 Å². The standard InChI is InChI=1S/C27H32F6N4O2/c1-17(38)12-19(8-11-36-10-5-9-25(2,28)16-36)34-24(39)21-15-37(23(35-21)18-13-26(29,30)14-18)22-7-4-3-6-20(22)27(31,32)33/h3-4,6-7,15,18-19H,5,8-14,16H2,1-2H3,(H,34,39). The number of nitrogens with zero attached hydrogens (tertiary/aromatic N) is 3. The fourth-order valence-corrected chi connectivity index (χ4v) is 5.41. The first-order valence-corrected chi connectivity index (χ1v) is 13.0. The molecule has 1 saturated carbocycles. The van der Waals surface area contributed by atoms with E-state index >= 15 is 0 Å². The van der Waals surface area contributed by atoms with Gasteiger partial charge in [-0.1, -0.05) is 12.1 Å². The number of hydrogen-bond acceptors (Lipinski definition) is 4. The smallest absolute Gasteiger partial charge is 0.347 e. The molecule has 2 unspecified atom stereocenters. The van der Waals surface area contributed by atoms with E-state index in [2.05, 4.69) is 10.3 Å². The Labute approximate surface area is 222 Å². The number of likely N-dealkylation sites (tertiary alicyclic amines) is 1. The van der Waals surface area contributed by atoms with Gasteiger partial charge in [-0.05, 0) is 51.8 Å². The van der Waals surface area contributed by atoms with Crippen molar-refractivity contribution in [2.24, 2.45) is 0 Å². The maximum atomic E-state index is 14.4. The lowest BCUT2D eigenvalue weighted by atomic mass is 9.80. The van der Waals surface area contributed by atoms with Gasteiger partial charge in [-0.3, -0.25) is 9.59 Å². The Bertz CT molecular complexity index is 1200. The third-order valence-electron chi connectivity index (χ3n) is 7.28. The van der Waals surface area contributed by atoms with Crippen LogP contribution in [0.15, 0.2) is 30.5 Å². The summed E-state index contributed by atoms with van der Waals surface area (Å²) in [5, 5.41) is 2.73. The van der Waals surface area contributed by atoms with Gasteiger partial charge in [-0.25, -0.2) is 18.2 Å². The molecule has 1 N–H and O–H groups in total. The van der Waals surface area contributed by atoms with E-state index in [1.807, 2.05) is 4.90 Å². The molecule has 1 aliphatic heterocycles. The fraction of sp³-hybridized carbons (Fsp3) is 0.593. The molecule has 214 valence electrons. The number of para-hydroxylation sites is 1. The molecule has 0 bridgehead atoms. The molecule has 2 atom stereocenters. The number of alkyl halides is 6. The maximum absolute atomic E-state index is 14.4. The number of piperidine rings is 1. The molecule has 0 spiro atoms. The van der Waals surface area contributed by atoms with E-state index in [0.717, 1.165) is 16.8 Å². The number of halogens is 6. The highest BCUT2D eigenvalue weighted by atomic mass is 19.4. The first-order chi connectivity index (χ1) is 18.1. The minimum atomic E-state index is -4.72. The van der Waals surface area contributed by atoms with Crippen LogP contribution in [0, 0.1) is 0 Å². The van der Waals surface area contributed by atoms with Gasteiger partial charge >= 0.3 is 6.18 Å². The number of imidazole rings is 1. The molecular weight excluding hydrogens is 526 g/mol. The summed E-state index contributed by atoms with van der Waals surface area (Å²) in [6.07, 6.45) is -3.27. The molecule has 2 fully saturated rings. The van der Waals surface area contributed by atoms with Crippen LogP contribution in [-0.4, -0.2) is 63.4 Å². The summed E-state index contributed by atoms with van der Waals surface area (Å²) in [5.41, 5.74) is -2.86. The Balaban J connectivity index is 1.57. The van der Waals surface area contributed by atoms with Gasteiger partial charge in [0, 0.05) is 50.5 Å². The number of nitrogens with one attached hydrogen (secondary N) is 1. The van der Waals surface area contributed by atoms with Crippen molar-refractivity contribution in [2.75, 3.05) is 19.6 Å². The molecular formula is C27H32F6N4O2. The Morgan fingerprint density at radius 1 is 1.18 bits per heavy atom. The number of carbonyl (C=O) groups is 2. The second-order valence-corrected chi connectivity index (χ2v) is 11.0. The van der Waals surface area contributed by atoms with Crippen LogP contribution >= 0.6 is 0 Å². The molecule has 0 radical (unpaired) electrons. The predicted molar refractivity (Wildman–Crippen MR) is 132 cm³/mol. The summed E-state index contributed by atoms with van der Waals surface area (Å²) in [5.74, 6) is -4.75. The zero-order valence-corrected chi connectivity index (χ0v) is 21.8. The van der Waals surface area contributed by atoms with E-state index < -0.39 is 54.0 Å². The predicted octanol–water partition coefficient (Wildman–Crippen LogP) is 5.70. The van der Waals surface area contributed by atoms with E-state index in [1.54, 1.807) is 0 Å². The summed E-state index contributed by atoms with van der Waals surface area (Å²) in [7, 11) is 0. The lowest BCUT2D eigenvalue weighted by molar-refractivity contribution is -0.137. The van der Waals surface area contributed by atoms with Gasteiger partial charge in [-0.15, -0.1) is 0 Å². The van der Waals surface area contributed by atoms with Crippen molar-refractivity contribution in [2.45, 2.75) is 82.1 Å². The molecule has 1 aromatic carbocycles. The minimum absolute atomic E-state index is 0.00575. The van der Waals surface area contributed by atoms with Crippen LogP contribution in [0.25, 0.3) is 5.69 Å². The van der Waals surface area contributed by atoms with Crippen LogP contribution < -0.4 is 5.32 Å². The third-order valence-corrected chi connectivity index (χ3v) is 7.28. The van der Waals surface area contributed by atoms with Crippen molar-refractivity contribution in [3.8, 4) is 5.69 Å². The molecule has 2 aromatic rings. The monoisotopic (exact) mass is 558 g/mol. The molecule has 39 heavy (non-hydrogen) atoms. The number of amides is 1. The van der Waals surface area contributed by atoms with Gasteiger partial charge in [0.15, 0.2) is 0 Å². The average molecular weight is 559 g/mol. The number of Topliss-reactive ketones (excluding diaryl/α,β-unsaturated/α-hetero) is 1. The number of ketones is 1. The van der Waals surface area contributed by atoms with Crippen LogP contribution in [0.3, 0.4) is 0 Å². The lowest BCUT2D eigenvalue weighted by Crippen LogP contribution is -2.46. The average Bonchev–Trinajstić information content (AvgIpc) is 3.25. The molecule has 1 amide bonds. The molecule has 1 aromatic heterocycles.